The monoisotopic (exact) mass is 411 g/mol. The highest BCUT2D eigenvalue weighted by molar-refractivity contribution is 6.30. The summed E-state index contributed by atoms with van der Waals surface area (Å²) in [4.78, 5) is 16.7. The highest BCUT2D eigenvalue weighted by Crippen LogP contribution is 2.33. The summed E-state index contributed by atoms with van der Waals surface area (Å²) < 4.78 is 11.5. The van der Waals surface area contributed by atoms with Gasteiger partial charge in [0.2, 0.25) is 0 Å². The van der Waals surface area contributed by atoms with Crippen molar-refractivity contribution in [2.24, 2.45) is 0 Å². The van der Waals surface area contributed by atoms with Crippen LogP contribution in [-0.2, 0) is 0 Å². The predicted octanol–water partition coefficient (Wildman–Crippen LogP) is 4.35. The Morgan fingerprint density at radius 2 is 2.07 bits per heavy atom. The summed E-state index contributed by atoms with van der Waals surface area (Å²) in [5.41, 5.74) is 2.12. The van der Waals surface area contributed by atoms with Crippen molar-refractivity contribution in [3.05, 3.63) is 65.3 Å². The molecule has 1 amide bonds. The molecule has 6 nitrogen and oxygen atoms in total. The van der Waals surface area contributed by atoms with Crippen LogP contribution in [0.15, 0.2) is 59.1 Å². The van der Waals surface area contributed by atoms with Crippen molar-refractivity contribution >= 4 is 23.2 Å². The van der Waals surface area contributed by atoms with E-state index in [4.69, 9.17) is 20.9 Å². The molecular formula is C22H22ClN3O3. The molecule has 1 aliphatic heterocycles. The van der Waals surface area contributed by atoms with Crippen LogP contribution in [0.25, 0.3) is 11.3 Å². The van der Waals surface area contributed by atoms with Gasteiger partial charge in [-0.05, 0) is 31.2 Å². The zero-order valence-corrected chi connectivity index (χ0v) is 17.1. The summed E-state index contributed by atoms with van der Waals surface area (Å²) in [6.07, 6.45) is -0.127. The van der Waals surface area contributed by atoms with Crippen LogP contribution in [0.4, 0.5) is 5.69 Å². The summed E-state index contributed by atoms with van der Waals surface area (Å²) >= 11 is 6.03. The molecule has 2 aromatic carbocycles. The number of anilines is 1. The summed E-state index contributed by atoms with van der Waals surface area (Å²) in [6, 6.07) is 16.8. The molecule has 2 heterocycles. The number of amides is 1. The third kappa shape index (κ3) is 4.07. The van der Waals surface area contributed by atoms with Crippen molar-refractivity contribution in [3.8, 4) is 17.1 Å². The highest BCUT2D eigenvalue weighted by atomic mass is 35.5. The van der Waals surface area contributed by atoms with Gasteiger partial charge in [-0.1, -0.05) is 41.0 Å². The van der Waals surface area contributed by atoms with Gasteiger partial charge in [0.25, 0.3) is 5.91 Å². The number of aromatic nitrogens is 1. The van der Waals surface area contributed by atoms with Crippen LogP contribution in [0.3, 0.4) is 0 Å². The van der Waals surface area contributed by atoms with E-state index in [2.05, 4.69) is 23.0 Å². The lowest BCUT2D eigenvalue weighted by molar-refractivity contribution is 0.0700. The van der Waals surface area contributed by atoms with E-state index in [0.29, 0.717) is 17.3 Å². The summed E-state index contributed by atoms with van der Waals surface area (Å²) in [7, 11) is 1.75. The molecule has 29 heavy (non-hydrogen) atoms. The minimum atomic E-state index is -0.215. The maximum Gasteiger partial charge on any atom is 0.275 e. The number of para-hydroxylation sites is 2. The lowest BCUT2D eigenvalue weighted by atomic mass is 10.1. The van der Waals surface area contributed by atoms with E-state index < -0.39 is 0 Å². The summed E-state index contributed by atoms with van der Waals surface area (Å²) in [5, 5.41) is 4.54. The molecule has 3 aromatic rings. The Labute approximate surface area is 174 Å². The number of fused-ring (bicyclic) bond motifs is 1. The van der Waals surface area contributed by atoms with Gasteiger partial charge in [-0.25, -0.2) is 0 Å². The minimum absolute atomic E-state index is 0.127. The van der Waals surface area contributed by atoms with Gasteiger partial charge in [-0.3, -0.25) is 4.79 Å². The third-order valence-electron chi connectivity index (χ3n) is 4.97. The second-order valence-electron chi connectivity index (χ2n) is 7.02. The topological polar surface area (TPSA) is 58.8 Å². The lowest BCUT2D eigenvalue weighted by Gasteiger charge is -2.37. The highest BCUT2D eigenvalue weighted by Gasteiger charge is 2.28. The average Bonchev–Trinajstić information content (AvgIpc) is 3.23. The van der Waals surface area contributed by atoms with Gasteiger partial charge < -0.3 is 19.1 Å². The van der Waals surface area contributed by atoms with Crippen LogP contribution < -0.4 is 9.64 Å². The Kier molecular flexibility index (Phi) is 5.45. The SMILES string of the molecule is CCN1CC(CN(C)C(=O)c2cc(-c3cccc(Cl)c3)on2)Oc2ccccc21. The van der Waals surface area contributed by atoms with Gasteiger partial charge in [0, 0.05) is 30.2 Å². The fraction of sp³-hybridized carbons (Fsp3) is 0.273. The van der Waals surface area contributed by atoms with Crippen LogP contribution in [0, 0.1) is 0 Å². The van der Waals surface area contributed by atoms with Crippen molar-refractivity contribution in [2.75, 3.05) is 31.6 Å². The third-order valence-corrected chi connectivity index (χ3v) is 5.20. The Bertz CT molecular complexity index is 1020. The van der Waals surface area contributed by atoms with Crippen LogP contribution in [0.5, 0.6) is 5.75 Å². The molecule has 150 valence electrons. The van der Waals surface area contributed by atoms with Crippen LogP contribution in [0.2, 0.25) is 5.02 Å². The zero-order chi connectivity index (χ0) is 20.4. The van der Waals surface area contributed by atoms with Crippen molar-refractivity contribution in [1.29, 1.82) is 0 Å². The number of nitrogens with zero attached hydrogens (tertiary/aromatic N) is 3. The molecule has 0 N–H and O–H groups in total. The zero-order valence-electron chi connectivity index (χ0n) is 16.3. The number of likely N-dealkylation sites (N-methyl/N-ethyl adjacent to an activating group) is 2. The van der Waals surface area contributed by atoms with E-state index in [1.807, 2.05) is 30.3 Å². The number of rotatable bonds is 5. The number of carbonyl (C=O) groups excluding carboxylic acids is 1. The van der Waals surface area contributed by atoms with Crippen LogP contribution in [-0.4, -0.2) is 48.7 Å². The van der Waals surface area contributed by atoms with E-state index in [1.165, 1.54) is 0 Å². The van der Waals surface area contributed by atoms with Gasteiger partial charge >= 0.3 is 0 Å². The van der Waals surface area contributed by atoms with Crippen molar-refractivity contribution in [1.82, 2.24) is 10.1 Å². The predicted molar refractivity (Wildman–Crippen MR) is 113 cm³/mol. The average molecular weight is 412 g/mol. The molecule has 0 saturated carbocycles. The molecule has 1 unspecified atom stereocenters. The number of hydrogen-bond acceptors (Lipinski definition) is 5. The summed E-state index contributed by atoms with van der Waals surface area (Å²) in [5.74, 6) is 1.13. The van der Waals surface area contributed by atoms with E-state index in [0.717, 1.165) is 30.1 Å². The van der Waals surface area contributed by atoms with Crippen LogP contribution >= 0.6 is 11.6 Å². The van der Waals surface area contributed by atoms with Crippen molar-refractivity contribution in [3.63, 3.8) is 0 Å². The molecule has 0 fully saturated rings. The molecule has 1 aromatic heterocycles. The number of hydrogen-bond donors (Lipinski definition) is 0. The van der Waals surface area contributed by atoms with E-state index in [-0.39, 0.29) is 17.7 Å². The second-order valence-corrected chi connectivity index (χ2v) is 7.46. The van der Waals surface area contributed by atoms with Crippen molar-refractivity contribution in [2.45, 2.75) is 13.0 Å². The Balaban J connectivity index is 1.45. The molecule has 0 bridgehead atoms. The Morgan fingerprint density at radius 1 is 1.24 bits per heavy atom. The van der Waals surface area contributed by atoms with Gasteiger partial charge in [0.15, 0.2) is 11.5 Å². The van der Waals surface area contributed by atoms with Crippen molar-refractivity contribution < 1.29 is 14.1 Å². The first-order chi connectivity index (χ1) is 14.0. The van der Waals surface area contributed by atoms with Gasteiger partial charge in [-0.15, -0.1) is 0 Å². The standard InChI is InChI=1S/C22H22ClN3O3/c1-3-26-14-17(28-20-10-5-4-9-19(20)26)13-25(2)22(27)18-12-21(29-24-18)15-7-6-8-16(23)11-15/h4-12,17H,3,13-14H2,1-2H3. The fourth-order valence-electron chi connectivity index (χ4n) is 3.51. The molecular weight excluding hydrogens is 390 g/mol. The molecule has 0 aliphatic carbocycles. The number of carbonyl (C=O) groups is 1. The molecule has 4 rings (SSSR count). The first-order valence-corrected chi connectivity index (χ1v) is 9.91. The molecule has 7 heteroatoms. The normalized spacial score (nSPS) is 15.6. The smallest absolute Gasteiger partial charge is 0.275 e. The van der Waals surface area contributed by atoms with E-state index in [1.54, 1.807) is 30.1 Å². The maximum absolute atomic E-state index is 12.8. The molecule has 0 radical (unpaired) electrons. The Morgan fingerprint density at radius 3 is 2.86 bits per heavy atom. The quantitative estimate of drug-likeness (QED) is 0.624. The lowest BCUT2D eigenvalue weighted by Crippen LogP contribution is -2.46. The van der Waals surface area contributed by atoms with Gasteiger partial charge in [-0.2, -0.15) is 0 Å². The molecule has 0 saturated heterocycles. The molecule has 1 atom stereocenters. The molecule has 0 spiro atoms. The first kappa shape index (κ1) is 19.3. The van der Waals surface area contributed by atoms with Gasteiger partial charge in [0.1, 0.15) is 11.9 Å². The minimum Gasteiger partial charge on any atom is -0.485 e. The number of halogens is 1. The Hall–Kier alpha value is -2.99. The molecule has 1 aliphatic rings. The van der Waals surface area contributed by atoms with Gasteiger partial charge in [0.05, 0.1) is 18.8 Å². The van der Waals surface area contributed by atoms with E-state index >= 15 is 0 Å². The first-order valence-electron chi connectivity index (χ1n) is 9.54. The fourth-order valence-corrected chi connectivity index (χ4v) is 3.70. The van der Waals surface area contributed by atoms with E-state index in [9.17, 15) is 4.79 Å². The maximum atomic E-state index is 12.8. The number of benzene rings is 2. The second kappa shape index (κ2) is 8.17. The van der Waals surface area contributed by atoms with Crippen LogP contribution in [0.1, 0.15) is 17.4 Å². The number of ether oxygens (including phenoxy) is 1. The summed E-state index contributed by atoms with van der Waals surface area (Å²) in [6.45, 7) is 4.16. The largest absolute Gasteiger partial charge is 0.485 e.